The van der Waals surface area contributed by atoms with Gasteiger partial charge in [0.05, 0.1) is 5.56 Å². The van der Waals surface area contributed by atoms with E-state index in [4.69, 9.17) is 0 Å². The number of hydrogen-bond donors (Lipinski definition) is 1. The molecule has 0 spiro atoms. The van der Waals surface area contributed by atoms with Crippen LogP contribution in [0.1, 0.15) is 30.9 Å². The Morgan fingerprint density at radius 2 is 1.82 bits per heavy atom. The fraction of sp³-hybridized carbons (Fsp3) is 0.417. The van der Waals surface area contributed by atoms with Gasteiger partial charge in [-0.05, 0) is 24.1 Å². The van der Waals surface area contributed by atoms with Gasteiger partial charge in [-0.2, -0.15) is 13.2 Å². The molecule has 0 fully saturated rings. The van der Waals surface area contributed by atoms with Gasteiger partial charge in [0.25, 0.3) is 0 Å². The van der Waals surface area contributed by atoms with E-state index in [2.05, 4.69) is 5.32 Å². The van der Waals surface area contributed by atoms with E-state index in [0.29, 0.717) is 12.0 Å². The molecule has 0 saturated heterocycles. The Morgan fingerprint density at radius 3 is 2.29 bits per heavy atom. The smallest absolute Gasteiger partial charge is 0.352 e. The molecule has 1 amide bonds. The first-order valence-electron chi connectivity index (χ1n) is 5.36. The van der Waals surface area contributed by atoms with E-state index in [9.17, 15) is 18.0 Å². The fourth-order valence-corrected chi connectivity index (χ4v) is 1.33. The molecule has 5 heteroatoms. The third kappa shape index (κ3) is 4.46. The first-order valence-corrected chi connectivity index (χ1v) is 5.36. The minimum Gasteiger partial charge on any atom is -0.352 e. The lowest BCUT2D eigenvalue weighted by Gasteiger charge is -2.08. The van der Waals surface area contributed by atoms with Crippen LogP contribution in [0.4, 0.5) is 13.2 Å². The lowest BCUT2D eigenvalue weighted by molar-refractivity contribution is -0.137. The highest BCUT2D eigenvalue weighted by molar-refractivity contribution is 5.75. The molecule has 1 aromatic rings. The summed E-state index contributed by atoms with van der Waals surface area (Å²) in [6.45, 7) is 2.15. The van der Waals surface area contributed by atoms with Crippen molar-refractivity contribution in [2.45, 2.75) is 32.5 Å². The zero-order chi connectivity index (χ0) is 12.9. The summed E-state index contributed by atoms with van der Waals surface area (Å²) in [7, 11) is 0. The van der Waals surface area contributed by atoms with Crippen LogP contribution in [0.15, 0.2) is 24.3 Å². The SMILES string of the molecule is CCCC(=O)NCc1ccc(C(F)(F)F)cc1. The van der Waals surface area contributed by atoms with Gasteiger partial charge in [-0.15, -0.1) is 0 Å². The highest BCUT2D eigenvalue weighted by atomic mass is 19.4. The van der Waals surface area contributed by atoms with Crippen LogP contribution in [0.25, 0.3) is 0 Å². The number of halogens is 3. The molecule has 1 N–H and O–H groups in total. The minimum absolute atomic E-state index is 0.0904. The van der Waals surface area contributed by atoms with E-state index in [1.54, 1.807) is 0 Å². The van der Waals surface area contributed by atoms with Crippen LogP contribution in [-0.4, -0.2) is 5.91 Å². The van der Waals surface area contributed by atoms with E-state index in [0.717, 1.165) is 18.6 Å². The summed E-state index contributed by atoms with van der Waals surface area (Å²) in [5.41, 5.74) is -0.0245. The Morgan fingerprint density at radius 1 is 1.24 bits per heavy atom. The number of benzene rings is 1. The summed E-state index contributed by atoms with van der Waals surface area (Å²) in [6.07, 6.45) is -3.14. The second-order valence-electron chi connectivity index (χ2n) is 3.72. The van der Waals surface area contributed by atoms with Gasteiger partial charge < -0.3 is 5.32 Å². The molecule has 0 aliphatic carbocycles. The quantitative estimate of drug-likeness (QED) is 0.867. The Balaban J connectivity index is 2.54. The van der Waals surface area contributed by atoms with Crippen molar-refractivity contribution in [3.63, 3.8) is 0 Å². The summed E-state index contributed by atoms with van der Waals surface area (Å²) in [5.74, 6) is -0.0904. The largest absolute Gasteiger partial charge is 0.416 e. The van der Waals surface area contributed by atoms with Gasteiger partial charge in [0.15, 0.2) is 0 Å². The molecule has 0 aliphatic heterocycles. The number of carbonyl (C=O) groups excluding carboxylic acids is 1. The monoisotopic (exact) mass is 245 g/mol. The predicted octanol–water partition coefficient (Wildman–Crippen LogP) is 3.12. The van der Waals surface area contributed by atoms with Crippen LogP contribution in [0, 0.1) is 0 Å². The van der Waals surface area contributed by atoms with E-state index in [1.807, 2.05) is 6.92 Å². The third-order valence-corrected chi connectivity index (χ3v) is 2.25. The standard InChI is InChI=1S/C12H14F3NO/c1-2-3-11(17)16-8-9-4-6-10(7-5-9)12(13,14)15/h4-7H,2-3,8H2,1H3,(H,16,17). The van der Waals surface area contributed by atoms with Crippen molar-refractivity contribution in [1.82, 2.24) is 5.32 Å². The van der Waals surface area contributed by atoms with Gasteiger partial charge >= 0.3 is 6.18 Å². The Labute approximate surface area is 97.8 Å². The molecule has 0 aliphatic rings. The first-order chi connectivity index (χ1) is 7.93. The summed E-state index contributed by atoms with van der Waals surface area (Å²) >= 11 is 0. The van der Waals surface area contributed by atoms with E-state index < -0.39 is 11.7 Å². The van der Waals surface area contributed by atoms with Crippen LogP contribution in [0.2, 0.25) is 0 Å². The molecule has 1 rings (SSSR count). The van der Waals surface area contributed by atoms with Crippen molar-refractivity contribution < 1.29 is 18.0 Å². The van der Waals surface area contributed by atoms with E-state index in [1.165, 1.54) is 12.1 Å². The Hall–Kier alpha value is -1.52. The highest BCUT2D eigenvalue weighted by Crippen LogP contribution is 2.28. The number of rotatable bonds is 4. The molecule has 0 aromatic heterocycles. The highest BCUT2D eigenvalue weighted by Gasteiger charge is 2.29. The summed E-state index contributed by atoms with van der Waals surface area (Å²) < 4.78 is 36.8. The molecule has 1 aromatic carbocycles. The molecule has 0 atom stereocenters. The molecule has 0 bridgehead atoms. The second-order valence-corrected chi connectivity index (χ2v) is 3.72. The van der Waals surface area contributed by atoms with Gasteiger partial charge in [0.1, 0.15) is 0 Å². The third-order valence-electron chi connectivity index (χ3n) is 2.25. The van der Waals surface area contributed by atoms with Crippen molar-refractivity contribution in [3.8, 4) is 0 Å². The molecule has 0 saturated carbocycles. The topological polar surface area (TPSA) is 29.1 Å². The predicted molar refractivity (Wildman–Crippen MR) is 58.2 cm³/mol. The van der Waals surface area contributed by atoms with E-state index in [-0.39, 0.29) is 12.5 Å². The second kappa shape index (κ2) is 5.70. The van der Waals surface area contributed by atoms with Crippen LogP contribution in [-0.2, 0) is 17.5 Å². The number of carbonyl (C=O) groups is 1. The maximum Gasteiger partial charge on any atom is 0.416 e. The molecular weight excluding hydrogens is 231 g/mol. The maximum atomic E-state index is 12.3. The summed E-state index contributed by atoms with van der Waals surface area (Å²) in [4.78, 5) is 11.2. The molecule has 17 heavy (non-hydrogen) atoms. The van der Waals surface area contributed by atoms with Gasteiger partial charge in [-0.25, -0.2) is 0 Å². The maximum absolute atomic E-state index is 12.3. The van der Waals surface area contributed by atoms with Crippen LogP contribution in [0.3, 0.4) is 0 Å². The van der Waals surface area contributed by atoms with Crippen LogP contribution in [0.5, 0.6) is 0 Å². The average Bonchev–Trinajstić information content (AvgIpc) is 2.26. The van der Waals surface area contributed by atoms with Crippen molar-refractivity contribution in [3.05, 3.63) is 35.4 Å². The average molecular weight is 245 g/mol. The Bertz CT molecular complexity index is 370. The lowest BCUT2D eigenvalue weighted by Crippen LogP contribution is -2.22. The Kier molecular flexibility index (Phi) is 4.54. The molecule has 0 radical (unpaired) electrons. The van der Waals surface area contributed by atoms with Crippen LogP contribution < -0.4 is 5.32 Å². The van der Waals surface area contributed by atoms with Crippen molar-refractivity contribution in [2.75, 3.05) is 0 Å². The first kappa shape index (κ1) is 13.5. The zero-order valence-corrected chi connectivity index (χ0v) is 9.47. The normalized spacial score (nSPS) is 11.3. The number of nitrogens with one attached hydrogen (secondary N) is 1. The lowest BCUT2D eigenvalue weighted by atomic mass is 10.1. The molecule has 94 valence electrons. The number of hydrogen-bond acceptors (Lipinski definition) is 1. The van der Waals surface area contributed by atoms with Gasteiger partial charge in [-0.1, -0.05) is 19.1 Å². The van der Waals surface area contributed by atoms with Gasteiger partial charge in [-0.3, -0.25) is 4.79 Å². The van der Waals surface area contributed by atoms with Gasteiger partial charge in [0.2, 0.25) is 5.91 Å². The number of alkyl halides is 3. The van der Waals surface area contributed by atoms with Crippen molar-refractivity contribution in [2.24, 2.45) is 0 Å². The minimum atomic E-state index is -4.32. The van der Waals surface area contributed by atoms with E-state index >= 15 is 0 Å². The van der Waals surface area contributed by atoms with Gasteiger partial charge in [0, 0.05) is 13.0 Å². The summed E-state index contributed by atoms with van der Waals surface area (Å²) in [6, 6.07) is 4.77. The summed E-state index contributed by atoms with van der Waals surface area (Å²) in [5, 5.41) is 2.64. The molecule has 2 nitrogen and oxygen atoms in total. The fourth-order valence-electron chi connectivity index (χ4n) is 1.33. The number of amides is 1. The van der Waals surface area contributed by atoms with Crippen LogP contribution >= 0.6 is 0 Å². The zero-order valence-electron chi connectivity index (χ0n) is 9.47. The molecule has 0 heterocycles. The van der Waals surface area contributed by atoms with Crippen molar-refractivity contribution in [1.29, 1.82) is 0 Å². The molecular formula is C12H14F3NO. The van der Waals surface area contributed by atoms with Crippen molar-refractivity contribution >= 4 is 5.91 Å². The molecule has 0 unspecified atom stereocenters.